The Balaban J connectivity index is 2.84. The predicted octanol–water partition coefficient (Wildman–Crippen LogP) is 0.849. The zero-order valence-electron chi connectivity index (χ0n) is 9.92. The summed E-state index contributed by atoms with van der Waals surface area (Å²) in [5, 5.41) is 11.0. The maximum absolute atomic E-state index is 11.8. The van der Waals surface area contributed by atoms with Crippen LogP contribution in [-0.2, 0) is 4.79 Å². The Labute approximate surface area is 104 Å². The van der Waals surface area contributed by atoms with E-state index in [2.05, 4.69) is 16.9 Å². The van der Waals surface area contributed by atoms with Crippen molar-refractivity contribution < 1.29 is 19.4 Å². The van der Waals surface area contributed by atoms with Crippen molar-refractivity contribution in [2.75, 3.05) is 6.61 Å². The minimum atomic E-state index is -1.12. The molecule has 0 aliphatic heterocycles. The van der Waals surface area contributed by atoms with Gasteiger partial charge < -0.3 is 15.2 Å². The summed E-state index contributed by atoms with van der Waals surface area (Å²) in [6, 6.07) is 2.21. The Kier molecular flexibility index (Phi) is 4.86. The molecule has 6 heteroatoms. The Hall–Kier alpha value is -2.37. The molecule has 0 fully saturated rings. The van der Waals surface area contributed by atoms with Crippen molar-refractivity contribution in [1.29, 1.82) is 0 Å². The van der Waals surface area contributed by atoms with E-state index in [4.69, 9.17) is 9.84 Å². The Bertz CT molecular complexity index is 459. The molecular weight excluding hydrogens is 236 g/mol. The summed E-state index contributed by atoms with van der Waals surface area (Å²) in [6.07, 6.45) is 2.97. The van der Waals surface area contributed by atoms with Gasteiger partial charge in [-0.1, -0.05) is 12.7 Å². The summed E-state index contributed by atoms with van der Waals surface area (Å²) in [7, 11) is 0. The minimum Gasteiger partial charge on any atom is -0.487 e. The molecule has 0 radical (unpaired) electrons. The van der Waals surface area contributed by atoms with Crippen molar-refractivity contribution in [2.24, 2.45) is 0 Å². The summed E-state index contributed by atoms with van der Waals surface area (Å²) < 4.78 is 5.26. The highest BCUT2D eigenvalue weighted by molar-refractivity contribution is 5.97. The standard InChI is InChI=1S/C12H14N2O4/c1-3-7-18-9-5-4-6-13-10(9)11(15)14-8(2)12(16)17/h3-6,8H,1,7H2,2H3,(H,14,15)(H,16,17). The van der Waals surface area contributed by atoms with E-state index in [1.54, 1.807) is 12.1 Å². The monoisotopic (exact) mass is 250 g/mol. The number of aliphatic carboxylic acids is 1. The van der Waals surface area contributed by atoms with Gasteiger partial charge in [0.25, 0.3) is 5.91 Å². The lowest BCUT2D eigenvalue weighted by Gasteiger charge is -2.11. The van der Waals surface area contributed by atoms with Crippen molar-refractivity contribution in [2.45, 2.75) is 13.0 Å². The number of nitrogens with zero attached hydrogens (tertiary/aromatic N) is 1. The molecule has 6 nitrogen and oxygen atoms in total. The Morgan fingerprint density at radius 1 is 1.67 bits per heavy atom. The van der Waals surface area contributed by atoms with E-state index < -0.39 is 17.9 Å². The van der Waals surface area contributed by atoms with E-state index in [0.717, 1.165) is 0 Å². The molecule has 1 rings (SSSR count). The quantitative estimate of drug-likeness (QED) is 0.731. The Morgan fingerprint density at radius 3 is 3.00 bits per heavy atom. The molecule has 0 spiro atoms. The van der Waals surface area contributed by atoms with Crippen LogP contribution in [0.3, 0.4) is 0 Å². The summed E-state index contributed by atoms with van der Waals surface area (Å²) in [5.74, 6) is -1.43. The van der Waals surface area contributed by atoms with Crippen LogP contribution in [0.5, 0.6) is 5.75 Å². The van der Waals surface area contributed by atoms with Crippen molar-refractivity contribution in [3.05, 3.63) is 36.7 Å². The second kappa shape index (κ2) is 6.39. The zero-order valence-corrected chi connectivity index (χ0v) is 9.92. The van der Waals surface area contributed by atoms with Crippen LogP contribution in [0.15, 0.2) is 31.0 Å². The maximum Gasteiger partial charge on any atom is 0.325 e. The van der Waals surface area contributed by atoms with Gasteiger partial charge in [0.2, 0.25) is 0 Å². The van der Waals surface area contributed by atoms with Crippen molar-refractivity contribution in [3.63, 3.8) is 0 Å². The number of carbonyl (C=O) groups excluding carboxylic acids is 1. The van der Waals surface area contributed by atoms with Crippen molar-refractivity contribution >= 4 is 11.9 Å². The van der Waals surface area contributed by atoms with Crippen LogP contribution in [-0.4, -0.2) is 34.6 Å². The predicted molar refractivity (Wildman–Crippen MR) is 64.5 cm³/mol. The number of hydrogen-bond acceptors (Lipinski definition) is 4. The molecule has 0 saturated carbocycles. The second-order valence-electron chi connectivity index (χ2n) is 3.48. The van der Waals surface area contributed by atoms with Gasteiger partial charge in [0.1, 0.15) is 12.6 Å². The minimum absolute atomic E-state index is 0.0486. The lowest BCUT2D eigenvalue weighted by Crippen LogP contribution is -2.38. The third kappa shape index (κ3) is 3.58. The number of hydrogen-bond donors (Lipinski definition) is 2. The average Bonchev–Trinajstić information content (AvgIpc) is 2.36. The first-order valence-corrected chi connectivity index (χ1v) is 5.28. The average molecular weight is 250 g/mol. The van der Waals surface area contributed by atoms with Gasteiger partial charge in [-0.3, -0.25) is 9.59 Å². The number of amides is 1. The fourth-order valence-electron chi connectivity index (χ4n) is 1.15. The van der Waals surface area contributed by atoms with Crippen LogP contribution in [0.4, 0.5) is 0 Å². The van der Waals surface area contributed by atoms with Crippen molar-refractivity contribution in [3.8, 4) is 5.75 Å². The number of ether oxygens (including phenoxy) is 1. The number of aromatic nitrogens is 1. The summed E-state index contributed by atoms with van der Waals surface area (Å²) in [4.78, 5) is 26.3. The molecule has 1 atom stereocenters. The highest BCUT2D eigenvalue weighted by Crippen LogP contribution is 2.15. The number of nitrogens with one attached hydrogen (secondary N) is 1. The first kappa shape index (κ1) is 13.7. The lowest BCUT2D eigenvalue weighted by atomic mass is 10.2. The largest absolute Gasteiger partial charge is 0.487 e. The fourth-order valence-corrected chi connectivity index (χ4v) is 1.15. The molecule has 96 valence electrons. The van der Waals surface area contributed by atoms with E-state index in [9.17, 15) is 9.59 Å². The molecule has 0 aliphatic carbocycles. The van der Waals surface area contributed by atoms with E-state index >= 15 is 0 Å². The summed E-state index contributed by atoms with van der Waals surface area (Å²) in [6.45, 7) is 5.10. The first-order valence-electron chi connectivity index (χ1n) is 5.28. The molecule has 1 aromatic heterocycles. The lowest BCUT2D eigenvalue weighted by molar-refractivity contribution is -0.138. The SMILES string of the molecule is C=CCOc1cccnc1C(=O)NC(C)C(=O)O. The van der Waals surface area contributed by atoms with Gasteiger partial charge in [0.15, 0.2) is 11.4 Å². The first-order chi connectivity index (χ1) is 8.56. The molecule has 18 heavy (non-hydrogen) atoms. The van der Waals surface area contributed by atoms with Gasteiger partial charge in [0, 0.05) is 6.20 Å². The number of rotatable bonds is 6. The van der Waals surface area contributed by atoms with Gasteiger partial charge in [-0.25, -0.2) is 4.98 Å². The van der Waals surface area contributed by atoms with Crippen LogP contribution in [0.1, 0.15) is 17.4 Å². The third-order valence-electron chi connectivity index (χ3n) is 2.06. The highest BCUT2D eigenvalue weighted by Gasteiger charge is 2.19. The van der Waals surface area contributed by atoms with E-state index in [-0.39, 0.29) is 18.1 Å². The van der Waals surface area contributed by atoms with Crippen molar-refractivity contribution in [1.82, 2.24) is 10.3 Å². The molecule has 1 heterocycles. The van der Waals surface area contributed by atoms with Gasteiger partial charge in [-0.2, -0.15) is 0 Å². The van der Waals surface area contributed by atoms with E-state index in [1.165, 1.54) is 19.2 Å². The molecule has 0 aliphatic rings. The maximum atomic E-state index is 11.8. The second-order valence-corrected chi connectivity index (χ2v) is 3.48. The zero-order chi connectivity index (χ0) is 13.5. The van der Waals surface area contributed by atoms with Crippen LogP contribution >= 0.6 is 0 Å². The number of carbonyl (C=O) groups is 2. The molecule has 1 aromatic rings. The Morgan fingerprint density at radius 2 is 2.39 bits per heavy atom. The number of pyridine rings is 1. The molecule has 0 bridgehead atoms. The van der Waals surface area contributed by atoms with Gasteiger partial charge in [-0.15, -0.1) is 0 Å². The topological polar surface area (TPSA) is 88.5 Å². The highest BCUT2D eigenvalue weighted by atomic mass is 16.5. The van der Waals surface area contributed by atoms with Gasteiger partial charge in [0.05, 0.1) is 0 Å². The molecule has 0 aromatic carbocycles. The molecule has 1 unspecified atom stereocenters. The third-order valence-corrected chi connectivity index (χ3v) is 2.06. The summed E-state index contributed by atoms with van der Waals surface area (Å²) in [5.41, 5.74) is 0.0486. The number of carboxylic acid groups (broad SMARTS) is 1. The molecule has 2 N–H and O–H groups in total. The van der Waals surface area contributed by atoms with Crippen LogP contribution in [0.25, 0.3) is 0 Å². The normalized spacial score (nSPS) is 11.4. The van der Waals surface area contributed by atoms with Crippen LogP contribution in [0.2, 0.25) is 0 Å². The van der Waals surface area contributed by atoms with Gasteiger partial charge >= 0.3 is 5.97 Å². The fraction of sp³-hybridized carbons (Fsp3) is 0.250. The smallest absolute Gasteiger partial charge is 0.325 e. The van der Waals surface area contributed by atoms with Crippen LogP contribution < -0.4 is 10.1 Å². The number of carboxylic acids is 1. The summed E-state index contributed by atoms with van der Waals surface area (Å²) >= 11 is 0. The van der Waals surface area contributed by atoms with E-state index in [1.807, 2.05) is 0 Å². The molecule has 1 amide bonds. The molecular formula is C12H14N2O4. The van der Waals surface area contributed by atoms with Gasteiger partial charge in [-0.05, 0) is 19.1 Å². The molecule has 0 saturated heterocycles. The van der Waals surface area contributed by atoms with Crippen LogP contribution in [0, 0.1) is 0 Å². The van der Waals surface area contributed by atoms with E-state index in [0.29, 0.717) is 0 Å².